The third-order valence-corrected chi connectivity index (χ3v) is 5.84. The zero-order chi connectivity index (χ0) is 19.5. The second-order valence-electron chi connectivity index (χ2n) is 6.25. The largest absolute Gasteiger partial charge is 0.480 e. The minimum atomic E-state index is -3.84. The van der Waals surface area contributed by atoms with Crippen LogP contribution in [-0.4, -0.2) is 61.3 Å². The third kappa shape index (κ3) is 4.38. The van der Waals surface area contributed by atoms with Crippen LogP contribution in [0.2, 0.25) is 0 Å². The van der Waals surface area contributed by atoms with Gasteiger partial charge in [-0.25, -0.2) is 13.2 Å². The quantitative estimate of drug-likeness (QED) is 0.615. The molecule has 9 nitrogen and oxygen atoms in total. The number of nitrogens with zero attached hydrogens (tertiary/aromatic N) is 1. The van der Waals surface area contributed by atoms with Gasteiger partial charge in [-0.05, 0) is 30.2 Å². The van der Waals surface area contributed by atoms with Gasteiger partial charge < -0.3 is 15.7 Å². The molecule has 10 heteroatoms. The van der Waals surface area contributed by atoms with Crippen LogP contribution in [0.15, 0.2) is 29.2 Å². The molecule has 1 aromatic rings. The van der Waals surface area contributed by atoms with E-state index < -0.39 is 27.9 Å². The minimum Gasteiger partial charge on any atom is -0.480 e. The zero-order valence-corrected chi connectivity index (χ0v) is 15.2. The second-order valence-corrected chi connectivity index (χ2v) is 8.18. The van der Waals surface area contributed by atoms with Crippen LogP contribution in [0.25, 0.3) is 0 Å². The van der Waals surface area contributed by atoms with E-state index in [-0.39, 0.29) is 41.9 Å². The SMILES string of the molecule is CC(C)C(NC(=O)c1ccc(S(=O)(=O)N2CCNC(=O)C2)cc1)C(=O)O. The lowest BCUT2D eigenvalue weighted by molar-refractivity contribution is -0.140. The maximum atomic E-state index is 12.5. The molecule has 0 aromatic heterocycles. The maximum absolute atomic E-state index is 12.5. The van der Waals surface area contributed by atoms with E-state index in [4.69, 9.17) is 5.11 Å². The Morgan fingerprint density at radius 2 is 1.85 bits per heavy atom. The number of hydrogen-bond acceptors (Lipinski definition) is 5. The molecule has 142 valence electrons. The van der Waals surface area contributed by atoms with E-state index in [2.05, 4.69) is 10.6 Å². The molecule has 1 unspecified atom stereocenters. The van der Waals surface area contributed by atoms with Gasteiger partial charge in [0.25, 0.3) is 5.91 Å². The summed E-state index contributed by atoms with van der Waals surface area (Å²) in [4.78, 5) is 34.7. The molecule has 1 saturated heterocycles. The van der Waals surface area contributed by atoms with E-state index in [1.807, 2.05) is 0 Å². The first-order valence-corrected chi connectivity index (χ1v) is 9.47. The van der Waals surface area contributed by atoms with E-state index in [0.29, 0.717) is 0 Å². The Labute approximate surface area is 151 Å². The van der Waals surface area contributed by atoms with Crippen LogP contribution >= 0.6 is 0 Å². The van der Waals surface area contributed by atoms with Gasteiger partial charge in [-0.2, -0.15) is 4.31 Å². The number of amides is 2. The van der Waals surface area contributed by atoms with E-state index >= 15 is 0 Å². The van der Waals surface area contributed by atoms with Crippen LogP contribution in [0.1, 0.15) is 24.2 Å². The van der Waals surface area contributed by atoms with Gasteiger partial charge in [-0.3, -0.25) is 9.59 Å². The van der Waals surface area contributed by atoms with Crippen LogP contribution in [-0.2, 0) is 19.6 Å². The number of carboxylic acid groups (broad SMARTS) is 1. The molecule has 3 N–H and O–H groups in total. The van der Waals surface area contributed by atoms with Crippen molar-refractivity contribution >= 4 is 27.8 Å². The summed E-state index contributed by atoms with van der Waals surface area (Å²) in [7, 11) is -3.84. The number of carbonyl (C=O) groups is 3. The van der Waals surface area contributed by atoms with Crippen molar-refractivity contribution in [3.05, 3.63) is 29.8 Å². The van der Waals surface area contributed by atoms with Gasteiger partial charge in [-0.1, -0.05) is 13.8 Å². The third-order valence-electron chi connectivity index (χ3n) is 3.98. The number of carboxylic acids is 1. The first-order chi connectivity index (χ1) is 12.1. The predicted molar refractivity (Wildman–Crippen MR) is 91.9 cm³/mol. The Hall–Kier alpha value is -2.46. The molecule has 1 aliphatic heterocycles. The molecule has 2 rings (SSSR count). The fourth-order valence-corrected chi connectivity index (χ4v) is 3.88. The Morgan fingerprint density at radius 3 is 2.35 bits per heavy atom. The Kier molecular flexibility index (Phi) is 5.98. The smallest absolute Gasteiger partial charge is 0.326 e. The summed E-state index contributed by atoms with van der Waals surface area (Å²) in [6, 6.07) is 4.11. The molecular formula is C16H21N3O6S. The van der Waals surface area contributed by atoms with Gasteiger partial charge in [0.1, 0.15) is 6.04 Å². The van der Waals surface area contributed by atoms with Gasteiger partial charge >= 0.3 is 5.97 Å². The molecular weight excluding hydrogens is 362 g/mol. The van der Waals surface area contributed by atoms with E-state index in [0.717, 1.165) is 4.31 Å². The number of rotatable bonds is 6. The molecule has 1 aliphatic rings. The summed E-state index contributed by atoms with van der Waals surface area (Å²) in [5.74, 6) is -2.42. The van der Waals surface area contributed by atoms with Crippen molar-refractivity contribution in [3.63, 3.8) is 0 Å². The van der Waals surface area contributed by atoms with Crippen molar-refractivity contribution in [2.75, 3.05) is 19.6 Å². The van der Waals surface area contributed by atoms with Crippen molar-refractivity contribution in [1.82, 2.24) is 14.9 Å². The van der Waals surface area contributed by atoms with Crippen LogP contribution in [0.5, 0.6) is 0 Å². The second kappa shape index (κ2) is 7.83. The molecule has 1 heterocycles. The first-order valence-electron chi connectivity index (χ1n) is 8.03. The number of benzene rings is 1. The van der Waals surface area contributed by atoms with Crippen molar-refractivity contribution in [1.29, 1.82) is 0 Å². The molecule has 26 heavy (non-hydrogen) atoms. The highest BCUT2D eigenvalue weighted by Crippen LogP contribution is 2.17. The molecule has 0 bridgehead atoms. The molecule has 1 aromatic carbocycles. The number of nitrogens with one attached hydrogen (secondary N) is 2. The number of hydrogen-bond donors (Lipinski definition) is 3. The lowest BCUT2D eigenvalue weighted by Crippen LogP contribution is -2.49. The molecule has 2 amide bonds. The molecule has 0 saturated carbocycles. The summed E-state index contributed by atoms with van der Waals surface area (Å²) in [5.41, 5.74) is 0.146. The highest BCUT2D eigenvalue weighted by atomic mass is 32.2. The molecule has 0 radical (unpaired) electrons. The number of carbonyl (C=O) groups excluding carboxylic acids is 2. The summed E-state index contributed by atoms with van der Waals surface area (Å²) in [6.07, 6.45) is 0. The highest BCUT2D eigenvalue weighted by Gasteiger charge is 2.29. The maximum Gasteiger partial charge on any atom is 0.326 e. The summed E-state index contributed by atoms with van der Waals surface area (Å²) in [6.45, 7) is 3.50. The first kappa shape index (κ1) is 19.9. The zero-order valence-electron chi connectivity index (χ0n) is 14.4. The predicted octanol–water partition coefficient (Wildman–Crippen LogP) is -0.354. The monoisotopic (exact) mass is 383 g/mol. The van der Waals surface area contributed by atoms with E-state index in [1.165, 1.54) is 24.3 Å². The van der Waals surface area contributed by atoms with Gasteiger partial charge in [0.15, 0.2) is 0 Å². The summed E-state index contributed by atoms with van der Waals surface area (Å²) < 4.78 is 26.1. The average molecular weight is 383 g/mol. The molecule has 1 fully saturated rings. The van der Waals surface area contributed by atoms with Gasteiger partial charge in [0.2, 0.25) is 15.9 Å². The van der Waals surface area contributed by atoms with Crippen LogP contribution in [0, 0.1) is 5.92 Å². The van der Waals surface area contributed by atoms with Crippen LogP contribution in [0.4, 0.5) is 0 Å². The van der Waals surface area contributed by atoms with Crippen LogP contribution < -0.4 is 10.6 Å². The van der Waals surface area contributed by atoms with Crippen molar-refractivity contribution in [3.8, 4) is 0 Å². The lowest BCUT2D eigenvalue weighted by Gasteiger charge is -2.25. The van der Waals surface area contributed by atoms with Crippen molar-refractivity contribution in [2.24, 2.45) is 5.92 Å². The highest BCUT2D eigenvalue weighted by molar-refractivity contribution is 7.89. The minimum absolute atomic E-state index is 0.0394. The fourth-order valence-electron chi connectivity index (χ4n) is 2.49. The van der Waals surface area contributed by atoms with Gasteiger partial charge in [-0.15, -0.1) is 0 Å². The van der Waals surface area contributed by atoms with Gasteiger partial charge in [0, 0.05) is 18.7 Å². The average Bonchev–Trinajstić information content (AvgIpc) is 2.59. The van der Waals surface area contributed by atoms with Crippen molar-refractivity contribution < 1.29 is 27.9 Å². The lowest BCUT2D eigenvalue weighted by atomic mass is 10.0. The topological polar surface area (TPSA) is 133 Å². The fraction of sp³-hybridized carbons (Fsp3) is 0.438. The standard InChI is InChI=1S/C16H21N3O6S/c1-10(2)14(16(22)23)18-15(21)11-3-5-12(6-4-11)26(24,25)19-8-7-17-13(20)9-19/h3-6,10,14H,7-9H2,1-2H3,(H,17,20)(H,18,21)(H,22,23). The number of sulfonamides is 1. The van der Waals surface area contributed by atoms with Crippen molar-refractivity contribution in [2.45, 2.75) is 24.8 Å². The molecule has 0 aliphatic carbocycles. The normalized spacial score (nSPS) is 16.8. The molecule has 0 spiro atoms. The summed E-state index contributed by atoms with van der Waals surface area (Å²) in [5, 5.41) is 14.1. The number of piperazine rings is 1. The Bertz CT molecular complexity index is 804. The van der Waals surface area contributed by atoms with E-state index in [1.54, 1.807) is 13.8 Å². The Balaban J connectivity index is 2.15. The van der Waals surface area contributed by atoms with Crippen LogP contribution in [0.3, 0.4) is 0 Å². The Morgan fingerprint density at radius 1 is 1.23 bits per heavy atom. The number of aliphatic carboxylic acids is 1. The summed E-state index contributed by atoms with van der Waals surface area (Å²) >= 11 is 0. The molecule has 1 atom stereocenters. The van der Waals surface area contributed by atoms with E-state index in [9.17, 15) is 22.8 Å². The van der Waals surface area contributed by atoms with Gasteiger partial charge in [0.05, 0.1) is 11.4 Å².